The number of hydrogen-bond acceptors (Lipinski definition) is 2. The lowest BCUT2D eigenvalue weighted by Gasteiger charge is -2.29. The Labute approximate surface area is 121 Å². The molecule has 0 spiro atoms. The van der Waals surface area contributed by atoms with E-state index in [1.807, 2.05) is 37.3 Å². The van der Waals surface area contributed by atoms with Crippen LogP contribution in [0.25, 0.3) is 0 Å². The summed E-state index contributed by atoms with van der Waals surface area (Å²) in [5.41, 5.74) is 0.255. The van der Waals surface area contributed by atoms with Crippen molar-refractivity contribution in [1.29, 1.82) is 0 Å². The van der Waals surface area contributed by atoms with Crippen LogP contribution < -0.4 is 5.32 Å². The second-order valence-electron chi connectivity index (χ2n) is 6.09. The molecule has 1 saturated carbocycles. The first kappa shape index (κ1) is 15.0. The van der Waals surface area contributed by atoms with Crippen LogP contribution in [0.5, 0.6) is 0 Å². The van der Waals surface area contributed by atoms with Gasteiger partial charge in [-0.05, 0) is 24.8 Å². The van der Waals surface area contributed by atoms with Gasteiger partial charge in [0.15, 0.2) is 0 Å². The van der Waals surface area contributed by atoms with Crippen LogP contribution in [0.2, 0.25) is 0 Å². The molecule has 2 N–H and O–H groups in total. The van der Waals surface area contributed by atoms with Gasteiger partial charge in [0.2, 0.25) is 5.91 Å². The lowest BCUT2D eigenvalue weighted by molar-refractivity contribution is -0.123. The highest BCUT2D eigenvalue weighted by Gasteiger charge is 2.27. The maximum atomic E-state index is 12.1. The highest BCUT2D eigenvalue weighted by Crippen LogP contribution is 2.28. The Morgan fingerprint density at radius 3 is 2.55 bits per heavy atom. The van der Waals surface area contributed by atoms with Crippen molar-refractivity contribution in [2.45, 2.75) is 51.0 Å². The predicted octanol–water partition coefficient (Wildman–Crippen LogP) is 2.98. The fourth-order valence-corrected chi connectivity index (χ4v) is 3.01. The zero-order valence-corrected chi connectivity index (χ0v) is 12.3. The van der Waals surface area contributed by atoms with Gasteiger partial charge in [-0.2, -0.15) is 0 Å². The van der Waals surface area contributed by atoms with E-state index in [4.69, 9.17) is 0 Å². The van der Waals surface area contributed by atoms with Gasteiger partial charge >= 0.3 is 0 Å². The topological polar surface area (TPSA) is 49.3 Å². The molecule has 20 heavy (non-hydrogen) atoms. The van der Waals surface area contributed by atoms with Gasteiger partial charge in [0.25, 0.3) is 0 Å². The second-order valence-corrected chi connectivity index (χ2v) is 6.09. The van der Waals surface area contributed by atoms with Crippen molar-refractivity contribution >= 4 is 5.91 Å². The molecule has 1 aromatic carbocycles. The van der Waals surface area contributed by atoms with Crippen molar-refractivity contribution < 1.29 is 9.90 Å². The maximum Gasteiger partial charge on any atom is 0.220 e. The van der Waals surface area contributed by atoms with E-state index in [1.165, 1.54) is 25.7 Å². The number of amides is 1. The lowest BCUT2D eigenvalue weighted by atomic mass is 9.92. The Kier molecular flexibility index (Phi) is 5.18. The summed E-state index contributed by atoms with van der Waals surface area (Å²) in [4.78, 5) is 12.1. The SMILES string of the molecule is CC(CO)(NC(=O)CCC1CCCC1)c1ccccc1. The third-order valence-electron chi connectivity index (χ3n) is 4.40. The standard InChI is InChI=1S/C17H25NO2/c1-17(13-19,15-9-3-2-4-10-15)18-16(20)12-11-14-7-5-6-8-14/h2-4,9-10,14,19H,5-8,11-13H2,1H3,(H,18,20). The van der Waals surface area contributed by atoms with Gasteiger partial charge in [-0.15, -0.1) is 0 Å². The first-order valence-electron chi connectivity index (χ1n) is 7.61. The van der Waals surface area contributed by atoms with E-state index in [2.05, 4.69) is 5.32 Å². The smallest absolute Gasteiger partial charge is 0.220 e. The summed E-state index contributed by atoms with van der Waals surface area (Å²) in [5.74, 6) is 0.759. The molecular formula is C17H25NO2. The van der Waals surface area contributed by atoms with E-state index in [-0.39, 0.29) is 12.5 Å². The average molecular weight is 275 g/mol. The Bertz CT molecular complexity index is 426. The maximum absolute atomic E-state index is 12.1. The van der Waals surface area contributed by atoms with Gasteiger partial charge in [-0.3, -0.25) is 4.79 Å². The van der Waals surface area contributed by atoms with Crippen molar-refractivity contribution in [2.75, 3.05) is 6.61 Å². The van der Waals surface area contributed by atoms with Crippen molar-refractivity contribution in [3.05, 3.63) is 35.9 Å². The number of aliphatic hydroxyl groups excluding tert-OH is 1. The summed E-state index contributed by atoms with van der Waals surface area (Å²) in [6.45, 7) is 1.78. The van der Waals surface area contributed by atoms with Crippen LogP contribution in [-0.2, 0) is 10.3 Å². The Morgan fingerprint density at radius 2 is 1.95 bits per heavy atom. The minimum Gasteiger partial charge on any atom is -0.394 e. The van der Waals surface area contributed by atoms with Crippen LogP contribution in [0.1, 0.15) is 51.0 Å². The minimum absolute atomic E-state index is 0.0392. The van der Waals surface area contributed by atoms with Gasteiger partial charge in [0, 0.05) is 6.42 Å². The molecule has 0 aromatic heterocycles. The van der Waals surface area contributed by atoms with Gasteiger partial charge < -0.3 is 10.4 Å². The molecule has 3 heteroatoms. The molecule has 1 aromatic rings. The molecule has 1 unspecified atom stereocenters. The number of carbonyl (C=O) groups excluding carboxylic acids is 1. The van der Waals surface area contributed by atoms with Gasteiger partial charge in [-0.1, -0.05) is 56.0 Å². The van der Waals surface area contributed by atoms with Crippen LogP contribution in [-0.4, -0.2) is 17.6 Å². The summed E-state index contributed by atoms with van der Waals surface area (Å²) >= 11 is 0. The number of benzene rings is 1. The molecule has 2 rings (SSSR count). The van der Waals surface area contributed by atoms with E-state index in [0.717, 1.165) is 17.9 Å². The Balaban J connectivity index is 1.90. The third kappa shape index (κ3) is 3.83. The van der Waals surface area contributed by atoms with Gasteiger partial charge in [0.1, 0.15) is 0 Å². The molecule has 1 aliphatic rings. The van der Waals surface area contributed by atoms with E-state index in [0.29, 0.717) is 6.42 Å². The van der Waals surface area contributed by atoms with E-state index < -0.39 is 5.54 Å². The average Bonchev–Trinajstić information content (AvgIpc) is 2.99. The van der Waals surface area contributed by atoms with E-state index in [1.54, 1.807) is 0 Å². The molecular weight excluding hydrogens is 250 g/mol. The summed E-state index contributed by atoms with van der Waals surface area (Å²) in [5, 5.41) is 12.6. The van der Waals surface area contributed by atoms with Crippen LogP contribution in [0.4, 0.5) is 0 Å². The summed E-state index contributed by atoms with van der Waals surface area (Å²) in [7, 11) is 0. The first-order valence-corrected chi connectivity index (χ1v) is 7.61. The van der Waals surface area contributed by atoms with Crippen LogP contribution in [0.3, 0.4) is 0 Å². The second kappa shape index (κ2) is 6.89. The molecule has 1 amide bonds. The van der Waals surface area contributed by atoms with Gasteiger partial charge in [0.05, 0.1) is 12.1 Å². The zero-order valence-electron chi connectivity index (χ0n) is 12.3. The Morgan fingerprint density at radius 1 is 1.30 bits per heavy atom. The van der Waals surface area contributed by atoms with Gasteiger partial charge in [-0.25, -0.2) is 0 Å². The zero-order chi connectivity index (χ0) is 14.4. The number of nitrogens with one attached hydrogen (secondary N) is 1. The van der Waals surface area contributed by atoms with Crippen LogP contribution in [0, 0.1) is 5.92 Å². The number of hydrogen-bond donors (Lipinski definition) is 2. The van der Waals surface area contributed by atoms with Crippen LogP contribution >= 0.6 is 0 Å². The molecule has 1 fully saturated rings. The first-order chi connectivity index (χ1) is 9.64. The number of carbonyl (C=O) groups is 1. The van der Waals surface area contributed by atoms with E-state index >= 15 is 0 Å². The Hall–Kier alpha value is -1.35. The summed E-state index contributed by atoms with van der Waals surface area (Å²) < 4.78 is 0. The molecule has 1 aliphatic carbocycles. The molecule has 0 radical (unpaired) electrons. The molecule has 1 atom stereocenters. The fraction of sp³-hybridized carbons (Fsp3) is 0.588. The monoisotopic (exact) mass is 275 g/mol. The molecule has 0 saturated heterocycles. The predicted molar refractivity (Wildman–Crippen MR) is 80.2 cm³/mol. The highest BCUT2D eigenvalue weighted by molar-refractivity contribution is 5.77. The molecule has 110 valence electrons. The number of aliphatic hydroxyl groups is 1. The lowest BCUT2D eigenvalue weighted by Crippen LogP contribution is -2.46. The van der Waals surface area contributed by atoms with Crippen molar-refractivity contribution in [1.82, 2.24) is 5.32 Å². The molecule has 3 nitrogen and oxygen atoms in total. The van der Waals surface area contributed by atoms with Crippen molar-refractivity contribution in [3.63, 3.8) is 0 Å². The fourth-order valence-electron chi connectivity index (χ4n) is 3.01. The largest absolute Gasteiger partial charge is 0.394 e. The third-order valence-corrected chi connectivity index (χ3v) is 4.40. The van der Waals surface area contributed by atoms with Crippen LogP contribution in [0.15, 0.2) is 30.3 Å². The quantitative estimate of drug-likeness (QED) is 0.838. The van der Waals surface area contributed by atoms with Crippen molar-refractivity contribution in [3.8, 4) is 0 Å². The van der Waals surface area contributed by atoms with Crippen molar-refractivity contribution in [2.24, 2.45) is 5.92 Å². The van der Waals surface area contributed by atoms with E-state index in [9.17, 15) is 9.90 Å². The molecule has 0 heterocycles. The minimum atomic E-state index is -0.686. The summed E-state index contributed by atoms with van der Waals surface area (Å²) in [6, 6.07) is 9.66. The normalized spacial score (nSPS) is 18.7. The highest BCUT2D eigenvalue weighted by atomic mass is 16.3. The summed E-state index contributed by atoms with van der Waals surface area (Å²) in [6.07, 6.45) is 6.69. The molecule has 0 aliphatic heterocycles. The molecule has 0 bridgehead atoms. The number of rotatable bonds is 6.